The highest BCUT2D eigenvalue weighted by atomic mass is 79.9. The number of hydrogen-bond acceptors (Lipinski definition) is 1. The van der Waals surface area contributed by atoms with Crippen LogP contribution < -0.4 is 5.32 Å². The van der Waals surface area contributed by atoms with Gasteiger partial charge >= 0.3 is 0 Å². The van der Waals surface area contributed by atoms with Crippen LogP contribution in [0.15, 0.2) is 46.9 Å². The van der Waals surface area contributed by atoms with Gasteiger partial charge in [-0.25, -0.2) is 4.39 Å². The summed E-state index contributed by atoms with van der Waals surface area (Å²) >= 11 is 3.43. The van der Waals surface area contributed by atoms with Crippen molar-refractivity contribution in [1.29, 1.82) is 0 Å². The smallest absolute Gasteiger partial charge is 0.124 e. The fraction of sp³-hybridized carbons (Fsp3) is 0.294. The van der Waals surface area contributed by atoms with E-state index >= 15 is 0 Å². The third-order valence-electron chi connectivity index (χ3n) is 3.58. The summed E-state index contributed by atoms with van der Waals surface area (Å²) in [5.74, 6) is -0.222. The number of rotatable bonds is 4. The molecule has 1 unspecified atom stereocenters. The molecule has 0 aromatic heterocycles. The molecular formula is C17H19BrFN. The first kappa shape index (κ1) is 15.2. The Labute approximate surface area is 128 Å². The maximum Gasteiger partial charge on any atom is 0.124 e. The highest BCUT2D eigenvalue weighted by Gasteiger charge is 2.14. The van der Waals surface area contributed by atoms with Crippen molar-refractivity contribution in [2.45, 2.75) is 32.9 Å². The number of nitrogens with one attached hydrogen (secondary N) is 1. The monoisotopic (exact) mass is 335 g/mol. The summed E-state index contributed by atoms with van der Waals surface area (Å²) in [6.07, 6.45) is 0. The van der Waals surface area contributed by atoms with E-state index in [0.717, 1.165) is 10.0 Å². The summed E-state index contributed by atoms with van der Waals surface area (Å²) in [7, 11) is 0. The van der Waals surface area contributed by atoms with Gasteiger partial charge in [0.1, 0.15) is 5.82 Å². The first-order valence-electron chi connectivity index (χ1n) is 6.75. The Kier molecular flexibility index (Phi) is 4.95. The molecule has 2 aromatic rings. The van der Waals surface area contributed by atoms with Crippen molar-refractivity contribution in [3.05, 3.63) is 69.4 Å². The van der Waals surface area contributed by atoms with Gasteiger partial charge in [0.2, 0.25) is 0 Å². The quantitative estimate of drug-likeness (QED) is 0.798. The maximum absolute atomic E-state index is 13.1. The molecule has 0 heterocycles. The molecule has 0 radical (unpaired) electrons. The van der Waals surface area contributed by atoms with Crippen LogP contribution in [0.1, 0.15) is 42.6 Å². The Hall–Kier alpha value is -1.19. The van der Waals surface area contributed by atoms with Crippen LogP contribution in [0.5, 0.6) is 0 Å². The van der Waals surface area contributed by atoms with Gasteiger partial charge in [-0.15, -0.1) is 0 Å². The predicted octanol–water partition coefficient (Wildman–Crippen LogP) is 5.31. The van der Waals surface area contributed by atoms with Crippen molar-refractivity contribution in [2.24, 2.45) is 0 Å². The number of halogens is 2. The molecule has 0 aliphatic heterocycles. The molecule has 2 rings (SSSR count). The molecule has 2 atom stereocenters. The van der Waals surface area contributed by atoms with Crippen molar-refractivity contribution in [1.82, 2.24) is 5.32 Å². The van der Waals surface area contributed by atoms with Gasteiger partial charge in [-0.3, -0.25) is 0 Å². The molecule has 2 aromatic carbocycles. The lowest BCUT2D eigenvalue weighted by molar-refractivity contribution is 0.491. The van der Waals surface area contributed by atoms with Crippen LogP contribution in [0.2, 0.25) is 0 Å². The van der Waals surface area contributed by atoms with Crippen LogP contribution in [0.3, 0.4) is 0 Å². The molecule has 0 amide bonds. The minimum Gasteiger partial charge on any atom is -0.304 e. The molecule has 0 saturated heterocycles. The summed E-state index contributed by atoms with van der Waals surface area (Å²) in [5, 5.41) is 3.56. The second-order valence-corrected chi connectivity index (χ2v) is 5.99. The van der Waals surface area contributed by atoms with E-state index in [0.29, 0.717) is 0 Å². The van der Waals surface area contributed by atoms with Gasteiger partial charge in [0, 0.05) is 16.6 Å². The zero-order chi connectivity index (χ0) is 14.7. The predicted molar refractivity (Wildman–Crippen MR) is 85.2 cm³/mol. The van der Waals surface area contributed by atoms with E-state index in [-0.39, 0.29) is 17.9 Å². The molecule has 106 valence electrons. The second kappa shape index (κ2) is 6.51. The Morgan fingerprint density at radius 1 is 1.00 bits per heavy atom. The van der Waals surface area contributed by atoms with Crippen molar-refractivity contribution in [2.75, 3.05) is 0 Å². The van der Waals surface area contributed by atoms with Gasteiger partial charge in [-0.1, -0.05) is 46.3 Å². The summed E-state index contributed by atoms with van der Waals surface area (Å²) in [6, 6.07) is 13.6. The number of aryl methyl sites for hydroxylation is 1. The van der Waals surface area contributed by atoms with E-state index in [1.54, 1.807) is 0 Å². The van der Waals surface area contributed by atoms with Crippen molar-refractivity contribution < 1.29 is 4.39 Å². The third kappa shape index (κ3) is 3.47. The molecule has 0 fully saturated rings. The molecule has 0 bridgehead atoms. The lowest BCUT2D eigenvalue weighted by Crippen LogP contribution is -2.23. The zero-order valence-electron chi connectivity index (χ0n) is 12.0. The van der Waals surface area contributed by atoms with Crippen molar-refractivity contribution in [3.8, 4) is 0 Å². The van der Waals surface area contributed by atoms with Crippen LogP contribution in [-0.2, 0) is 0 Å². The molecule has 20 heavy (non-hydrogen) atoms. The van der Waals surface area contributed by atoms with Crippen LogP contribution in [0.25, 0.3) is 0 Å². The summed E-state index contributed by atoms with van der Waals surface area (Å²) in [4.78, 5) is 0. The lowest BCUT2D eigenvalue weighted by atomic mass is 10.0. The summed E-state index contributed by atoms with van der Waals surface area (Å²) in [6.45, 7) is 6.36. The van der Waals surface area contributed by atoms with Gasteiger partial charge in [-0.2, -0.15) is 0 Å². The SMILES string of the molecule is Cc1ccccc1[C@@H](C)NC(C)c1ccc(F)cc1Br. The van der Waals surface area contributed by atoms with E-state index in [2.05, 4.69) is 60.2 Å². The number of benzene rings is 2. The average molecular weight is 336 g/mol. The van der Waals surface area contributed by atoms with Crippen LogP contribution in [0.4, 0.5) is 4.39 Å². The third-order valence-corrected chi connectivity index (χ3v) is 4.27. The summed E-state index contributed by atoms with van der Waals surface area (Å²) in [5.41, 5.74) is 3.63. The van der Waals surface area contributed by atoms with Gasteiger partial charge in [0.05, 0.1) is 0 Å². The largest absolute Gasteiger partial charge is 0.304 e. The van der Waals surface area contributed by atoms with Crippen LogP contribution >= 0.6 is 15.9 Å². The van der Waals surface area contributed by atoms with Crippen molar-refractivity contribution >= 4 is 15.9 Å². The fourth-order valence-corrected chi connectivity index (χ4v) is 3.17. The first-order chi connectivity index (χ1) is 9.49. The molecule has 1 N–H and O–H groups in total. The first-order valence-corrected chi connectivity index (χ1v) is 7.55. The molecular weight excluding hydrogens is 317 g/mol. The Bertz CT molecular complexity index is 597. The Morgan fingerprint density at radius 3 is 2.30 bits per heavy atom. The van der Waals surface area contributed by atoms with Crippen LogP contribution in [-0.4, -0.2) is 0 Å². The standard InChI is InChI=1S/C17H19BrFN/c1-11-6-4-5-7-15(11)12(2)20-13(3)16-9-8-14(19)10-17(16)18/h4-10,12-13,20H,1-3H3/t12-,13?/m1/s1. The van der Waals surface area contributed by atoms with Gasteiger partial charge in [-0.05, 0) is 49.6 Å². The van der Waals surface area contributed by atoms with Crippen LogP contribution in [0, 0.1) is 12.7 Å². The second-order valence-electron chi connectivity index (χ2n) is 5.13. The molecule has 0 aliphatic carbocycles. The maximum atomic E-state index is 13.1. The van der Waals surface area contributed by atoms with Crippen molar-refractivity contribution in [3.63, 3.8) is 0 Å². The minimum atomic E-state index is -0.222. The van der Waals surface area contributed by atoms with Gasteiger partial charge in [0.15, 0.2) is 0 Å². The number of hydrogen-bond donors (Lipinski definition) is 1. The molecule has 0 spiro atoms. The molecule has 3 heteroatoms. The van der Waals surface area contributed by atoms with E-state index in [4.69, 9.17) is 0 Å². The highest BCUT2D eigenvalue weighted by molar-refractivity contribution is 9.10. The molecule has 0 saturated carbocycles. The van der Waals surface area contributed by atoms with Gasteiger partial charge in [0.25, 0.3) is 0 Å². The van der Waals surface area contributed by atoms with E-state index in [1.165, 1.54) is 23.3 Å². The minimum absolute atomic E-state index is 0.139. The fourth-order valence-electron chi connectivity index (χ4n) is 2.48. The average Bonchev–Trinajstić information content (AvgIpc) is 2.38. The topological polar surface area (TPSA) is 12.0 Å². The van der Waals surface area contributed by atoms with E-state index in [9.17, 15) is 4.39 Å². The lowest BCUT2D eigenvalue weighted by Gasteiger charge is -2.23. The molecule has 1 nitrogen and oxygen atoms in total. The normalized spacial score (nSPS) is 14.1. The molecule has 0 aliphatic rings. The van der Waals surface area contributed by atoms with E-state index < -0.39 is 0 Å². The Balaban J connectivity index is 2.15. The van der Waals surface area contributed by atoms with Gasteiger partial charge < -0.3 is 5.32 Å². The zero-order valence-corrected chi connectivity index (χ0v) is 13.5. The summed E-state index contributed by atoms with van der Waals surface area (Å²) < 4.78 is 13.9. The van der Waals surface area contributed by atoms with E-state index in [1.807, 2.05) is 12.1 Å². The highest BCUT2D eigenvalue weighted by Crippen LogP contribution is 2.27. The Morgan fingerprint density at radius 2 is 1.65 bits per heavy atom.